The van der Waals surface area contributed by atoms with Crippen LogP contribution in [0, 0.1) is 29.1 Å². The Kier molecular flexibility index (Phi) is 7.43. The van der Waals surface area contributed by atoms with Gasteiger partial charge in [-0.15, -0.1) is 5.92 Å². The Morgan fingerprint density at radius 2 is 1.86 bits per heavy atom. The lowest BCUT2D eigenvalue weighted by molar-refractivity contribution is -0.114. The largest absolute Gasteiger partial charge is 0.377 e. The van der Waals surface area contributed by atoms with Crippen molar-refractivity contribution in [1.29, 1.82) is 0 Å². The lowest BCUT2D eigenvalue weighted by Gasteiger charge is -2.53. The maximum absolute atomic E-state index is 12.3. The number of benzene rings is 1. The van der Waals surface area contributed by atoms with Crippen molar-refractivity contribution in [1.82, 2.24) is 0 Å². The van der Waals surface area contributed by atoms with Gasteiger partial charge in [-0.25, -0.2) is 0 Å². The molecule has 2 saturated carbocycles. The highest BCUT2D eigenvalue weighted by Gasteiger charge is 2.62. The molecule has 1 N–H and O–H groups in total. The number of aliphatic hydroxyl groups is 1. The molecule has 1 aromatic carbocycles. The molecule has 0 aromatic heterocycles. The molecule has 0 spiro atoms. The Morgan fingerprint density at radius 1 is 1.08 bits per heavy atom. The van der Waals surface area contributed by atoms with Crippen LogP contribution >= 0.6 is 0 Å². The van der Waals surface area contributed by atoms with E-state index in [-0.39, 0.29) is 17.1 Å². The first kappa shape index (κ1) is 26.3. The maximum atomic E-state index is 12.3. The standard InChI is InChI=1S/C34H45NO2/c1-5-7-8-9-21-35(4)26-13-10-24(11-14-26)30-23-33(3)31(18-20-34(33,37)19-6-2)29-16-12-25-22-27(36)15-17-28(25)32(29)30/h10-11,13-14,22,29-31,37H,5,7-9,12,15-18,20-21,23H2,1-4H3/t29-,30+,31-,33-,34-/m0/s1. The number of allylic oxidation sites excluding steroid dienone is 4. The molecule has 0 aliphatic heterocycles. The highest BCUT2D eigenvalue weighted by Crippen LogP contribution is 2.66. The van der Waals surface area contributed by atoms with Gasteiger partial charge in [-0.1, -0.05) is 56.7 Å². The van der Waals surface area contributed by atoms with Gasteiger partial charge in [-0.05, 0) is 98.6 Å². The van der Waals surface area contributed by atoms with E-state index < -0.39 is 5.60 Å². The van der Waals surface area contributed by atoms with Crippen molar-refractivity contribution in [2.45, 2.75) is 103 Å². The van der Waals surface area contributed by atoms with Crippen LogP contribution in [0.2, 0.25) is 0 Å². The molecule has 3 heteroatoms. The van der Waals surface area contributed by atoms with E-state index in [1.165, 1.54) is 48.1 Å². The van der Waals surface area contributed by atoms with Crippen molar-refractivity contribution in [2.75, 3.05) is 18.5 Å². The number of fused-ring (bicyclic) bond motifs is 4. The third-order valence-electron chi connectivity index (χ3n) is 10.3. The molecule has 0 radical (unpaired) electrons. The number of ketones is 1. The van der Waals surface area contributed by atoms with Crippen molar-refractivity contribution < 1.29 is 9.90 Å². The van der Waals surface area contributed by atoms with E-state index in [2.05, 4.69) is 61.9 Å². The zero-order valence-electron chi connectivity index (χ0n) is 23.4. The molecule has 0 saturated heterocycles. The molecule has 0 bridgehead atoms. The number of carbonyl (C=O) groups is 1. The van der Waals surface area contributed by atoms with Gasteiger partial charge in [-0.3, -0.25) is 4.79 Å². The molecule has 4 aliphatic rings. The van der Waals surface area contributed by atoms with E-state index >= 15 is 0 Å². The second-order valence-corrected chi connectivity index (χ2v) is 12.3. The number of hydrogen-bond donors (Lipinski definition) is 1. The van der Waals surface area contributed by atoms with Crippen LogP contribution in [0.5, 0.6) is 0 Å². The van der Waals surface area contributed by atoms with E-state index in [9.17, 15) is 9.90 Å². The Balaban J connectivity index is 1.51. The van der Waals surface area contributed by atoms with Crippen LogP contribution < -0.4 is 4.90 Å². The highest BCUT2D eigenvalue weighted by atomic mass is 16.3. The lowest BCUT2D eigenvalue weighted by Crippen LogP contribution is -2.51. The molecule has 5 rings (SSSR count). The first-order valence-electron chi connectivity index (χ1n) is 14.8. The van der Waals surface area contributed by atoms with Crippen LogP contribution in [-0.2, 0) is 4.79 Å². The third kappa shape index (κ3) is 4.61. The van der Waals surface area contributed by atoms with Crippen LogP contribution in [0.1, 0.15) is 103 Å². The molecular formula is C34H45NO2. The normalized spacial score (nSPS) is 32.6. The molecule has 0 amide bonds. The van der Waals surface area contributed by atoms with E-state index in [0.29, 0.717) is 18.3 Å². The number of unbranched alkanes of at least 4 members (excludes halogenated alkanes) is 3. The number of anilines is 1. The van der Waals surface area contributed by atoms with Gasteiger partial charge in [0, 0.05) is 37.0 Å². The van der Waals surface area contributed by atoms with Gasteiger partial charge in [0.25, 0.3) is 0 Å². The first-order chi connectivity index (χ1) is 17.8. The number of carbonyl (C=O) groups excluding carboxylic acids is 1. The number of rotatable bonds is 7. The average Bonchev–Trinajstić information content (AvgIpc) is 3.16. The number of nitrogens with zero attached hydrogens (tertiary/aromatic N) is 1. The quantitative estimate of drug-likeness (QED) is 0.315. The summed E-state index contributed by atoms with van der Waals surface area (Å²) in [6.07, 6.45) is 13.4. The summed E-state index contributed by atoms with van der Waals surface area (Å²) in [4.78, 5) is 14.7. The zero-order valence-corrected chi connectivity index (χ0v) is 23.4. The van der Waals surface area contributed by atoms with Crippen LogP contribution in [0.25, 0.3) is 0 Å². The lowest BCUT2D eigenvalue weighted by atomic mass is 9.51. The van der Waals surface area contributed by atoms with Gasteiger partial charge in [0.05, 0.1) is 0 Å². The predicted octanol–water partition coefficient (Wildman–Crippen LogP) is 7.36. The maximum Gasteiger partial charge on any atom is 0.156 e. The van der Waals surface area contributed by atoms with E-state index in [0.717, 1.165) is 45.1 Å². The van der Waals surface area contributed by atoms with E-state index in [1.54, 1.807) is 5.57 Å². The minimum Gasteiger partial charge on any atom is -0.377 e. The van der Waals surface area contributed by atoms with Gasteiger partial charge in [0.2, 0.25) is 0 Å². The fourth-order valence-electron chi connectivity index (χ4n) is 8.24. The van der Waals surface area contributed by atoms with Crippen LogP contribution in [0.3, 0.4) is 0 Å². The summed E-state index contributed by atoms with van der Waals surface area (Å²) in [7, 11) is 2.20. The topological polar surface area (TPSA) is 40.5 Å². The molecule has 37 heavy (non-hydrogen) atoms. The third-order valence-corrected chi connectivity index (χ3v) is 10.3. The van der Waals surface area contributed by atoms with Gasteiger partial charge in [-0.2, -0.15) is 0 Å². The molecule has 3 nitrogen and oxygen atoms in total. The summed E-state index contributed by atoms with van der Waals surface area (Å²) in [6, 6.07) is 9.26. The van der Waals surface area contributed by atoms with Crippen LogP contribution in [-0.4, -0.2) is 30.1 Å². The Labute approximate surface area is 224 Å². The molecule has 0 heterocycles. The van der Waals surface area contributed by atoms with Crippen molar-refractivity contribution in [2.24, 2.45) is 17.3 Å². The monoisotopic (exact) mass is 499 g/mol. The van der Waals surface area contributed by atoms with Gasteiger partial charge in [0.1, 0.15) is 5.60 Å². The summed E-state index contributed by atoms with van der Waals surface area (Å²) < 4.78 is 0. The summed E-state index contributed by atoms with van der Waals surface area (Å²) in [6.45, 7) is 7.52. The zero-order chi connectivity index (χ0) is 26.2. The highest BCUT2D eigenvalue weighted by molar-refractivity contribution is 5.93. The number of hydrogen-bond acceptors (Lipinski definition) is 3. The second kappa shape index (κ2) is 10.5. The minimum atomic E-state index is -0.918. The van der Waals surface area contributed by atoms with Gasteiger partial charge in [0.15, 0.2) is 5.78 Å². The predicted molar refractivity (Wildman–Crippen MR) is 153 cm³/mol. The van der Waals surface area contributed by atoms with E-state index in [1.807, 2.05) is 13.0 Å². The first-order valence-corrected chi connectivity index (χ1v) is 14.8. The SMILES string of the molecule is CC#C[C@]1(O)CC[C@H]2[C@@H]3CCC4=CC(=O)CCC4=C3[C@@H](c3ccc(N(C)CCCCCC)cc3)C[C@@]21C. The summed E-state index contributed by atoms with van der Waals surface area (Å²) in [5.74, 6) is 7.81. The minimum absolute atomic E-state index is 0.226. The molecular weight excluding hydrogens is 454 g/mol. The second-order valence-electron chi connectivity index (χ2n) is 12.3. The molecule has 4 aliphatic carbocycles. The summed E-state index contributed by atoms with van der Waals surface area (Å²) >= 11 is 0. The molecule has 1 aromatic rings. The van der Waals surface area contributed by atoms with Crippen molar-refractivity contribution in [3.63, 3.8) is 0 Å². The molecule has 0 unspecified atom stereocenters. The fraction of sp³-hybridized carbons (Fsp3) is 0.618. The molecule has 198 valence electrons. The Bertz CT molecular complexity index is 1150. The van der Waals surface area contributed by atoms with Crippen molar-refractivity contribution >= 4 is 11.5 Å². The van der Waals surface area contributed by atoms with Gasteiger partial charge < -0.3 is 10.0 Å². The smallest absolute Gasteiger partial charge is 0.156 e. The van der Waals surface area contributed by atoms with E-state index in [4.69, 9.17) is 0 Å². The van der Waals surface area contributed by atoms with Crippen molar-refractivity contribution in [3.05, 3.63) is 52.6 Å². The van der Waals surface area contributed by atoms with Crippen molar-refractivity contribution in [3.8, 4) is 11.8 Å². The fourth-order valence-corrected chi connectivity index (χ4v) is 8.24. The average molecular weight is 500 g/mol. The molecule has 5 atom stereocenters. The molecule has 2 fully saturated rings. The summed E-state index contributed by atoms with van der Waals surface area (Å²) in [5.41, 5.74) is 5.83. The Hall–Kier alpha value is -2.31. The van der Waals surface area contributed by atoms with Gasteiger partial charge >= 0.3 is 0 Å². The van der Waals surface area contributed by atoms with Crippen LogP contribution in [0.15, 0.2) is 47.1 Å². The van der Waals surface area contributed by atoms with Crippen LogP contribution in [0.4, 0.5) is 5.69 Å². The Morgan fingerprint density at radius 3 is 2.59 bits per heavy atom. The summed E-state index contributed by atoms with van der Waals surface area (Å²) in [5, 5.41) is 11.9.